The first-order valence-corrected chi connectivity index (χ1v) is 7.03. The summed E-state index contributed by atoms with van der Waals surface area (Å²) < 4.78 is 31.0. The summed E-state index contributed by atoms with van der Waals surface area (Å²) in [5.41, 5.74) is -0.580. The minimum absolute atomic E-state index is 0.315. The molecule has 1 unspecified atom stereocenters. The zero-order chi connectivity index (χ0) is 13.9. The molecule has 0 aromatic carbocycles. The maximum atomic E-state index is 11.8. The monoisotopic (exact) mass is 263 g/mol. The molecule has 0 saturated heterocycles. The van der Waals surface area contributed by atoms with Crippen molar-refractivity contribution in [2.75, 3.05) is 12.8 Å². The number of hydrogen-bond acceptors (Lipinski definition) is 3. The van der Waals surface area contributed by atoms with Crippen LogP contribution in [0.1, 0.15) is 33.6 Å². The molecule has 0 bridgehead atoms. The van der Waals surface area contributed by atoms with Crippen LogP contribution in [0.15, 0.2) is 12.2 Å². The van der Waals surface area contributed by atoms with Gasteiger partial charge in [-0.2, -0.15) is 8.42 Å². The lowest BCUT2D eigenvalue weighted by atomic mass is 9.96. The Balaban J connectivity index is 5.20. The molecule has 0 saturated carbocycles. The smallest absolute Gasteiger partial charge is 0.267 e. The lowest BCUT2D eigenvalue weighted by Gasteiger charge is -2.38. The van der Waals surface area contributed by atoms with E-state index in [1.54, 1.807) is 13.8 Å². The Morgan fingerprint density at radius 1 is 1.47 bits per heavy atom. The fourth-order valence-electron chi connectivity index (χ4n) is 1.80. The van der Waals surface area contributed by atoms with Gasteiger partial charge in [0.25, 0.3) is 10.1 Å². The predicted molar refractivity (Wildman–Crippen MR) is 67.3 cm³/mol. The van der Waals surface area contributed by atoms with Gasteiger partial charge >= 0.3 is 0 Å². The molecule has 1 amide bonds. The first-order chi connectivity index (χ1) is 7.53. The van der Waals surface area contributed by atoms with Gasteiger partial charge in [0.15, 0.2) is 0 Å². The van der Waals surface area contributed by atoms with Gasteiger partial charge in [-0.15, -0.1) is 0 Å². The second kappa shape index (κ2) is 5.64. The summed E-state index contributed by atoms with van der Waals surface area (Å²) in [4.78, 5) is 13.1. The molecule has 0 fully saturated rings. The van der Waals surface area contributed by atoms with Gasteiger partial charge in [0.2, 0.25) is 5.91 Å². The van der Waals surface area contributed by atoms with Crippen molar-refractivity contribution in [2.45, 2.75) is 39.2 Å². The molecule has 1 N–H and O–H groups in total. The van der Waals surface area contributed by atoms with Crippen molar-refractivity contribution in [3.8, 4) is 0 Å². The third-order valence-corrected chi connectivity index (χ3v) is 3.75. The maximum absolute atomic E-state index is 11.8. The Kier molecular flexibility index (Phi) is 5.35. The number of carbonyl (C=O) groups is 1. The molecule has 1 atom stereocenters. The first-order valence-electron chi connectivity index (χ1n) is 5.42. The maximum Gasteiger partial charge on any atom is 0.267 e. The molecular weight excluding hydrogens is 242 g/mol. The molecule has 100 valence electrons. The standard InChI is InChI=1S/C11H21NO4S/c1-6-7-11(4,8-17(14,15)16)12(5)10(13)9(2)3/h2,6-8H2,1,3-5H3,(H,14,15,16). The highest BCUT2D eigenvalue weighted by Gasteiger charge is 2.36. The van der Waals surface area contributed by atoms with Crippen molar-refractivity contribution >= 4 is 16.0 Å². The quantitative estimate of drug-likeness (QED) is 0.581. The zero-order valence-corrected chi connectivity index (χ0v) is 11.7. The summed E-state index contributed by atoms with van der Waals surface area (Å²) in [7, 11) is -2.61. The highest BCUT2D eigenvalue weighted by atomic mass is 32.2. The topological polar surface area (TPSA) is 74.7 Å². The van der Waals surface area contributed by atoms with Gasteiger partial charge in [-0.05, 0) is 20.3 Å². The van der Waals surface area contributed by atoms with Gasteiger partial charge in [-0.1, -0.05) is 19.9 Å². The summed E-state index contributed by atoms with van der Waals surface area (Å²) in [6.07, 6.45) is 1.20. The largest absolute Gasteiger partial charge is 0.335 e. The van der Waals surface area contributed by atoms with Crippen molar-refractivity contribution in [3.05, 3.63) is 12.2 Å². The molecule has 0 aliphatic rings. The molecule has 0 aliphatic heterocycles. The fraction of sp³-hybridized carbons (Fsp3) is 0.727. The Morgan fingerprint density at radius 3 is 2.24 bits per heavy atom. The SMILES string of the molecule is C=C(C)C(=O)N(C)C(C)(CCC)CS(=O)(=O)O. The second-order valence-electron chi connectivity index (χ2n) is 4.62. The molecule has 17 heavy (non-hydrogen) atoms. The van der Waals surface area contributed by atoms with Crippen LogP contribution in [0.25, 0.3) is 0 Å². The summed E-state index contributed by atoms with van der Waals surface area (Å²) in [5, 5.41) is 0. The van der Waals surface area contributed by atoms with E-state index in [0.717, 1.165) is 0 Å². The molecule has 0 spiro atoms. The normalized spacial score (nSPS) is 15.1. The summed E-state index contributed by atoms with van der Waals surface area (Å²) >= 11 is 0. The van der Waals surface area contributed by atoms with Gasteiger partial charge in [-0.3, -0.25) is 9.35 Å². The van der Waals surface area contributed by atoms with Crippen molar-refractivity contribution in [3.63, 3.8) is 0 Å². The fourth-order valence-corrected chi connectivity index (χ4v) is 2.92. The number of nitrogens with zero attached hydrogens (tertiary/aromatic N) is 1. The van der Waals surface area contributed by atoms with Gasteiger partial charge in [0, 0.05) is 12.6 Å². The Hall–Kier alpha value is -0.880. The van der Waals surface area contributed by atoms with Gasteiger partial charge in [-0.25, -0.2) is 0 Å². The van der Waals surface area contributed by atoms with Gasteiger partial charge < -0.3 is 4.90 Å². The van der Waals surface area contributed by atoms with E-state index >= 15 is 0 Å². The molecule has 0 rings (SSSR count). The number of amides is 1. The molecule has 6 heteroatoms. The highest BCUT2D eigenvalue weighted by Crippen LogP contribution is 2.23. The zero-order valence-electron chi connectivity index (χ0n) is 10.9. The van der Waals surface area contributed by atoms with Crippen molar-refractivity contribution in [1.82, 2.24) is 4.90 Å². The summed E-state index contributed by atoms with van der Waals surface area (Å²) in [5.74, 6) is -0.784. The number of likely N-dealkylation sites (N-methyl/N-ethyl adjacent to an activating group) is 1. The lowest BCUT2D eigenvalue weighted by molar-refractivity contribution is -0.130. The van der Waals surface area contributed by atoms with E-state index < -0.39 is 21.4 Å². The van der Waals surface area contributed by atoms with E-state index in [2.05, 4.69) is 6.58 Å². The number of carbonyl (C=O) groups excluding carboxylic acids is 1. The van der Waals surface area contributed by atoms with Crippen LogP contribution in [0.2, 0.25) is 0 Å². The van der Waals surface area contributed by atoms with Crippen LogP contribution in [-0.2, 0) is 14.9 Å². The average Bonchev–Trinajstić information content (AvgIpc) is 2.12. The minimum atomic E-state index is -4.13. The predicted octanol–water partition coefficient (Wildman–Crippen LogP) is 1.47. The molecule has 0 heterocycles. The van der Waals surface area contributed by atoms with E-state index in [1.165, 1.54) is 11.9 Å². The van der Waals surface area contributed by atoms with Gasteiger partial charge in [0.05, 0.1) is 11.3 Å². The number of rotatable bonds is 6. The minimum Gasteiger partial charge on any atom is -0.335 e. The third-order valence-electron chi connectivity index (χ3n) is 2.76. The van der Waals surface area contributed by atoms with E-state index in [9.17, 15) is 13.2 Å². The third kappa shape index (κ3) is 4.87. The number of hydrogen-bond donors (Lipinski definition) is 1. The van der Waals surface area contributed by atoms with Crippen molar-refractivity contribution in [1.29, 1.82) is 0 Å². The molecule has 0 aliphatic carbocycles. The molecule has 0 radical (unpaired) electrons. The summed E-state index contributed by atoms with van der Waals surface area (Å²) in [6.45, 7) is 8.65. The van der Waals surface area contributed by atoms with E-state index in [4.69, 9.17) is 4.55 Å². The van der Waals surface area contributed by atoms with Crippen molar-refractivity contribution < 1.29 is 17.8 Å². The van der Waals surface area contributed by atoms with Gasteiger partial charge in [0.1, 0.15) is 0 Å². The van der Waals surface area contributed by atoms with E-state index in [0.29, 0.717) is 18.4 Å². The van der Waals surface area contributed by atoms with Crippen LogP contribution in [0, 0.1) is 0 Å². The van der Waals surface area contributed by atoms with E-state index in [1.807, 2.05) is 6.92 Å². The average molecular weight is 263 g/mol. The van der Waals surface area contributed by atoms with Crippen molar-refractivity contribution in [2.24, 2.45) is 0 Å². The van der Waals surface area contributed by atoms with Crippen LogP contribution in [0.3, 0.4) is 0 Å². The van der Waals surface area contributed by atoms with E-state index in [-0.39, 0.29) is 5.91 Å². The molecular formula is C11H21NO4S. The lowest BCUT2D eigenvalue weighted by Crippen LogP contribution is -2.51. The van der Waals surface area contributed by atoms with Crippen LogP contribution in [0.5, 0.6) is 0 Å². The first kappa shape index (κ1) is 16.1. The van der Waals surface area contributed by atoms with Crippen LogP contribution in [-0.4, -0.2) is 42.1 Å². The Labute approximate surface area is 103 Å². The molecule has 0 aromatic heterocycles. The van der Waals surface area contributed by atoms with Crippen LogP contribution in [0.4, 0.5) is 0 Å². The van der Waals surface area contributed by atoms with Crippen LogP contribution >= 0.6 is 0 Å². The second-order valence-corrected chi connectivity index (χ2v) is 6.07. The molecule has 5 nitrogen and oxygen atoms in total. The summed E-state index contributed by atoms with van der Waals surface area (Å²) in [6, 6.07) is 0. The molecule has 0 aromatic rings. The highest BCUT2D eigenvalue weighted by molar-refractivity contribution is 7.85. The Morgan fingerprint density at radius 2 is 1.94 bits per heavy atom. The van der Waals surface area contributed by atoms with Crippen LogP contribution < -0.4 is 0 Å². The Bertz CT molecular complexity index is 402.